The number of hydrogen-bond acceptors (Lipinski definition) is 9. The van der Waals surface area contributed by atoms with E-state index in [-0.39, 0.29) is 6.61 Å². The Balaban J connectivity index is 2.32. The first-order valence-electron chi connectivity index (χ1n) is 8.27. The third kappa shape index (κ3) is 5.30. The lowest BCUT2D eigenvalue weighted by Gasteiger charge is -2.30. The summed E-state index contributed by atoms with van der Waals surface area (Å²) in [4.78, 5) is 47.2. The molecule has 3 unspecified atom stereocenters. The summed E-state index contributed by atoms with van der Waals surface area (Å²) < 4.78 is 21.4. The van der Waals surface area contributed by atoms with Gasteiger partial charge >= 0.3 is 17.9 Å². The average Bonchev–Trinajstić information content (AvgIpc) is 2.89. The van der Waals surface area contributed by atoms with E-state index in [4.69, 9.17) is 24.7 Å². The van der Waals surface area contributed by atoms with Crippen LogP contribution in [0.2, 0.25) is 0 Å². The van der Waals surface area contributed by atoms with Crippen molar-refractivity contribution in [3.8, 4) is 0 Å². The summed E-state index contributed by atoms with van der Waals surface area (Å²) in [6.07, 6.45) is 1.35. The number of nitrogens with two attached hydrogens (primary N) is 1. The van der Waals surface area contributed by atoms with Gasteiger partial charge in [0.25, 0.3) is 0 Å². The average molecular weight is 382 g/mol. The van der Waals surface area contributed by atoms with E-state index in [1.807, 2.05) is 0 Å². The molecule has 0 aromatic heterocycles. The van der Waals surface area contributed by atoms with Crippen molar-refractivity contribution in [2.75, 3.05) is 6.61 Å². The molecular formula is C17H22N2O8. The quantitative estimate of drug-likeness (QED) is 0.486. The molecule has 0 aliphatic carbocycles. The predicted molar refractivity (Wildman–Crippen MR) is 89.3 cm³/mol. The zero-order valence-electron chi connectivity index (χ0n) is 15.2. The van der Waals surface area contributed by atoms with Crippen molar-refractivity contribution in [3.63, 3.8) is 0 Å². The second-order valence-electron chi connectivity index (χ2n) is 6.07. The zero-order valence-corrected chi connectivity index (χ0v) is 15.2. The van der Waals surface area contributed by atoms with Crippen LogP contribution in [-0.4, -0.2) is 59.9 Å². The van der Waals surface area contributed by atoms with Crippen LogP contribution in [0.15, 0.2) is 24.0 Å². The highest BCUT2D eigenvalue weighted by atomic mass is 16.7. The standard InChI is InChI=1S/C17H22N2O8/c1-9(20)24-8-13-14(25-10(2)21)15(26-11(3)22)17(27-13)19-6-4-5-12(7-19)16(18)23/h4,6-7,13-15,17H,5,8H2,1-3H3,(H2,18,23)/t13?,14?,15-,17?/m1/s1. The second-order valence-corrected chi connectivity index (χ2v) is 6.07. The van der Waals surface area contributed by atoms with Crippen LogP contribution >= 0.6 is 0 Å². The van der Waals surface area contributed by atoms with E-state index >= 15 is 0 Å². The Morgan fingerprint density at radius 3 is 2.30 bits per heavy atom. The van der Waals surface area contributed by atoms with Crippen LogP contribution in [0, 0.1) is 0 Å². The van der Waals surface area contributed by atoms with E-state index in [2.05, 4.69) is 0 Å². The highest BCUT2D eigenvalue weighted by Crippen LogP contribution is 2.31. The van der Waals surface area contributed by atoms with Gasteiger partial charge in [0.1, 0.15) is 12.7 Å². The van der Waals surface area contributed by atoms with E-state index in [0.29, 0.717) is 12.0 Å². The Hall–Kier alpha value is -2.88. The Morgan fingerprint density at radius 2 is 1.74 bits per heavy atom. The molecule has 148 valence electrons. The number of hydrogen-bond donors (Lipinski definition) is 1. The molecule has 2 aliphatic rings. The lowest BCUT2D eigenvalue weighted by molar-refractivity contribution is -0.166. The molecule has 0 spiro atoms. The number of rotatable bonds is 6. The second kappa shape index (κ2) is 8.67. The van der Waals surface area contributed by atoms with E-state index < -0.39 is 48.4 Å². The summed E-state index contributed by atoms with van der Waals surface area (Å²) in [5.41, 5.74) is 5.65. The molecule has 2 rings (SSSR count). The van der Waals surface area contributed by atoms with Crippen molar-refractivity contribution in [3.05, 3.63) is 24.0 Å². The molecule has 2 aliphatic heterocycles. The Morgan fingerprint density at radius 1 is 1.11 bits per heavy atom. The molecule has 0 saturated carbocycles. The Labute approximate surface area is 155 Å². The van der Waals surface area contributed by atoms with Gasteiger partial charge in [-0.15, -0.1) is 0 Å². The topological polar surface area (TPSA) is 134 Å². The molecule has 27 heavy (non-hydrogen) atoms. The van der Waals surface area contributed by atoms with Gasteiger partial charge in [-0.05, 0) is 6.42 Å². The van der Waals surface area contributed by atoms with Gasteiger partial charge in [0.15, 0.2) is 18.4 Å². The predicted octanol–water partition coefficient (Wildman–Crippen LogP) is -0.274. The molecule has 1 fully saturated rings. The van der Waals surface area contributed by atoms with Crippen LogP contribution in [0.4, 0.5) is 0 Å². The van der Waals surface area contributed by atoms with E-state index in [1.165, 1.54) is 31.9 Å². The maximum absolute atomic E-state index is 11.6. The number of ether oxygens (including phenoxy) is 4. The molecule has 4 atom stereocenters. The number of carbonyl (C=O) groups is 4. The summed E-state index contributed by atoms with van der Waals surface area (Å²) in [6.45, 7) is 3.43. The summed E-state index contributed by atoms with van der Waals surface area (Å²) in [6, 6.07) is 0. The van der Waals surface area contributed by atoms with E-state index in [1.54, 1.807) is 12.3 Å². The lowest BCUT2D eigenvalue weighted by atomic mass is 10.1. The number of esters is 3. The minimum Gasteiger partial charge on any atom is -0.463 e. The summed E-state index contributed by atoms with van der Waals surface area (Å²) >= 11 is 0. The minimum absolute atomic E-state index is 0.203. The van der Waals surface area contributed by atoms with Crippen molar-refractivity contribution in [1.29, 1.82) is 0 Å². The Bertz CT molecular complexity index is 686. The van der Waals surface area contributed by atoms with Crippen LogP contribution in [0.3, 0.4) is 0 Å². The molecule has 10 heteroatoms. The SMILES string of the molecule is CC(=O)OCC1OC(N2C=CCC(C(N)=O)=C2)[C@H](OC(C)=O)C1OC(C)=O. The van der Waals surface area contributed by atoms with Crippen LogP contribution in [0.25, 0.3) is 0 Å². The fourth-order valence-corrected chi connectivity index (χ4v) is 2.83. The summed E-state index contributed by atoms with van der Waals surface area (Å²) in [7, 11) is 0. The van der Waals surface area contributed by atoms with Gasteiger partial charge in [-0.3, -0.25) is 19.2 Å². The van der Waals surface area contributed by atoms with Gasteiger partial charge < -0.3 is 29.6 Å². The zero-order chi connectivity index (χ0) is 20.1. The van der Waals surface area contributed by atoms with Crippen molar-refractivity contribution in [2.24, 2.45) is 5.73 Å². The van der Waals surface area contributed by atoms with E-state index in [9.17, 15) is 19.2 Å². The molecule has 1 amide bonds. The van der Waals surface area contributed by atoms with Crippen LogP contribution in [-0.2, 0) is 38.1 Å². The highest BCUT2D eigenvalue weighted by Gasteiger charge is 2.51. The molecule has 10 nitrogen and oxygen atoms in total. The fraction of sp³-hybridized carbons (Fsp3) is 0.529. The largest absolute Gasteiger partial charge is 0.463 e. The number of amides is 1. The normalized spacial score (nSPS) is 26.9. The van der Waals surface area contributed by atoms with Crippen LogP contribution in [0.5, 0.6) is 0 Å². The number of carbonyl (C=O) groups excluding carboxylic acids is 4. The van der Waals surface area contributed by atoms with Gasteiger partial charge in [-0.2, -0.15) is 0 Å². The smallest absolute Gasteiger partial charge is 0.303 e. The van der Waals surface area contributed by atoms with E-state index in [0.717, 1.165) is 0 Å². The maximum Gasteiger partial charge on any atom is 0.303 e. The van der Waals surface area contributed by atoms with Crippen molar-refractivity contribution in [1.82, 2.24) is 4.90 Å². The lowest BCUT2D eigenvalue weighted by Crippen LogP contribution is -2.45. The summed E-state index contributed by atoms with van der Waals surface area (Å²) in [5, 5.41) is 0. The van der Waals surface area contributed by atoms with Gasteiger partial charge in [-0.25, -0.2) is 0 Å². The number of allylic oxidation sites excluding steroid dienone is 1. The molecule has 2 N–H and O–H groups in total. The van der Waals surface area contributed by atoms with Crippen molar-refractivity contribution in [2.45, 2.75) is 51.7 Å². The first kappa shape index (κ1) is 20.4. The van der Waals surface area contributed by atoms with Gasteiger partial charge in [-0.1, -0.05) is 6.08 Å². The molecule has 0 aromatic rings. The monoisotopic (exact) mass is 382 g/mol. The molecule has 2 heterocycles. The third-order valence-electron chi connectivity index (χ3n) is 3.87. The molecule has 0 radical (unpaired) electrons. The number of primary amides is 1. The maximum atomic E-state index is 11.6. The van der Waals surface area contributed by atoms with Gasteiger partial charge in [0.2, 0.25) is 5.91 Å². The fourth-order valence-electron chi connectivity index (χ4n) is 2.83. The van der Waals surface area contributed by atoms with Crippen molar-refractivity contribution < 1.29 is 38.1 Å². The first-order chi connectivity index (χ1) is 12.7. The van der Waals surface area contributed by atoms with Gasteiger partial charge in [0, 0.05) is 38.7 Å². The molecule has 0 aromatic carbocycles. The third-order valence-corrected chi connectivity index (χ3v) is 3.87. The number of nitrogens with zero attached hydrogens (tertiary/aromatic N) is 1. The van der Waals surface area contributed by atoms with Crippen LogP contribution < -0.4 is 5.73 Å². The summed E-state index contributed by atoms with van der Waals surface area (Å²) in [5.74, 6) is -2.36. The van der Waals surface area contributed by atoms with Crippen LogP contribution in [0.1, 0.15) is 27.2 Å². The first-order valence-corrected chi connectivity index (χ1v) is 8.27. The molecular weight excluding hydrogens is 360 g/mol. The molecule has 0 bridgehead atoms. The molecule has 1 saturated heterocycles. The highest BCUT2D eigenvalue weighted by molar-refractivity contribution is 5.92. The van der Waals surface area contributed by atoms with Gasteiger partial charge in [0.05, 0.1) is 0 Å². The van der Waals surface area contributed by atoms with Crippen molar-refractivity contribution >= 4 is 23.8 Å². The minimum atomic E-state index is -1.01. The Kier molecular flexibility index (Phi) is 6.56.